The quantitative estimate of drug-likeness (QED) is 0.219. The van der Waals surface area contributed by atoms with Gasteiger partial charge in [-0.2, -0.15) is 0 Å². The molecule has 0 atom stereocenters. The van der Waals surface area contributed by atoms with Gasteiger partial charge < -0.3 is 20.7 Å². The van der Waals surface area contributed by atoms with Gasteiger partial charge in [-0.05, 0) is 42.3 Å². The number of aliphatic imine (C=N–C) groups is 1. The third-order valence-corrected chi connectivity index (χ3v) is 3.73. The van der Waals surface area contributed by atoms with Gasteiger partial charge >= 0.3 is 0 Å². The van der Waals surface area contributed by atoms with Crippen LogP contribution in [0.2, 0.25) is 0 Å². The molecular formula is C20H28FIN4O. The molecule has 0 aliphatic carbocycles. The molecule has 2 aromatic rings. The van der Waals surface area contributed by atoms with Crippen LogP contribution in [-0.4, -0.2) is 32.8 Å². The van der Waals surface area contributed by atoms with E-state index < -0.39 is 0 Å². The number of rotatable bonds is 9. The van der Waals surface area contributed by atoms with Gasteiger partial charge in [-0.3, -0.25) is 0 Å². The van der Waals surface area contributed by atoms with Crippen LogP contribution in [0.25, 0.3) is 0 Å². The van der Waals surface area contributed by atoms with Crippen LogP contribution in [0, 0.1) is 5.82 Å². The summed E-state index contributed by atoms with van der Waals surface area (Å²) in [5, 5.41) is 9.77. The molecule has 27 heavy (non-hydrogen) atoms. The Morgan fingerprint density at radius 3 is 2.30 bits per heavy atom. The Kier molecular flexibility index (Phi) is 11.4. The van der Waals surface area contributed by atoms with Gasteiger partial charge in [0.1, 0.15) is 5.82 Å². The van der Waals surface area contributed by atoms with Crippen molar-refractivity contribution in [3.63, 3.8) is 0 Å². The monoisotopic (exact) mass is 486 g/mol. The average Bonchev–Trinajstić information content (AvgIpc) is 2.66. The third-order valence-electron chi connectivity index (χ3n) is 3.73. The summed E-state index contributed by atoms with van der Waals surface area (Å²) in [5.41, 5.74) is 3.20. The average molecular weight is 486 g/mol. The van der Waals surface area contributed by atoms with Gasteiger partial charge in [-0.1, -0.05) is 24.3 Å². The molecule has 7 heteroatoms. The van der Waals surface area contributed by atoms with Crippen molar-refractivity contribution < 1.29 is 9.13 Å². The van der Waals surface area contributed by atoms with Gasteiger partial charge in [0.25, 0.3) is 0 Å². The van der Waals surface area contributed by atoms with Crippen molar-refractivity contribution >= 4 is 35.6 Å². The van der Waals surface area contributed by atoms with Crippen molar-refractivity contribution in [1.82, 2.24) is 10.6 Å². The topological polar surface area (TPSA) is 57.7 Å². The minimum atomic E-state index is -0.227. The normalized spacial score (nSPS) is 10.9. The number of nitrogens with zero attached hydrogens (tertiary/aromatic N) is 1. The molecule has 0 amide bonds. The Morgan fingerprint density at radius 2 is 1.67 bits per heavy atom. The summed E-state index contributed by atoms with van der Waals surface area (Å²) in [6.45, 7) is 5.43. The first-order valence-corrected chi connectivity index (χ1v) is 8.79. The maximum Gasteiger partial charge on any atom is 0.191 e. The lowest BCUT2D eigenvalue weighted by molar-refractivity contribution is 0.211. The van der Waals surface area contributed by atoms with E-state index in [1.807, 2.05) is 19.1 Å². The molecule has 0 bridgehead atoms. The zero-order chi connectivity index (χ0) is 18.6. The highest BCUT2D eigenvalue weighted by atomic mass is 127. The number of anilines is 1. The number of ether oxygens (including phenoxy) is 1. The molecule has 0 aromatic heterocycles. The van der Waals surface area contributed by atoms with Crippen molar-refractivity contribution in [2.75, 3.05) is 32.1 Å². The Bertz CT molecular complexity index is 677. The van der Waals surface area contributed by atoms with Crippen LogP contribution in [0.4, 0.5) is 10.1 Å². The third kappa shape index (κ3) is 9.05. The maximum absolute atomic E-state index is 13.0. The summed E-state index contributed by atoms with van der Waals surface area (Å²) in [7, 11) is 1.69. The number of benzene rings is 2. The first kappa shape index (κ1) is 23.2. The fourth-order valence-corrected chi connectivity index (χ4v) is 2.33. The highest BCUT2D eigenvalue weighted by molar-refractivity contribution is 14.0. The van der Waals surface area contributed by atoms with E-state index in [1.54, 1.807) is 19.2 Å². The Hall–Kier alpha value is -1.87. The van der Waals surface area contributed by atoms with E-state index in [0.29, 0.717) is 19.7 Å². The van der Waals surface area contributed by atoms with Crippen LogP contribution in [0.1, 0.15) is 18.1 Å². The summed E-state index contributed by atoms with van der Waals surface area (Å²) >= 11 is 0. The summed E-state index contributed by atoms with van der Waals surface area (Å²) in [6.07, 6.45) is 0. The zero-order valence-corrected chi connectivity index (χ0v) is 18.1. The second-order valence-corrected chi connectivity index (χ2v) is 5.79. The predicted molar refractivity (Wildman–Crippen MR) is 120 cm³/mol. The number of hydrogen-bond acceptors (Lipinski definition) is 3. The number of nitrogens with one attached hydrogen (secondary N) is 3. The Balaban J connectivity index is 0.00000364. The summed E-state index contributed by atoms with van der Waals surface area (Å²) in [5.74, 6) is 0.508. The molecule has 0 unspecified atom stereocenters. The highest BCUT2D eigenvalue weighted by Crippen LogP contribution is 2.10. The van der Waals surface area contributed by atoms with Gasteiger partial charge in [0.05, 0.1) is 13.2 Å². The van der Waals surface area contributed by atoms with Crippen molar-refractivity contribution in [2.45, 2.75) is 20.0 Å². The molecule has 0 spiro atoms. The van der Waals surface area contributed by atoms with Crippen molar-refractivity contribution in [1.29, 1.82) is 0 Å². The van der Waals surface area contributed by atoms with Crippen molar-refractivity contribution in [3.8, 4) is 0 Å². The lowest BCUT2D eigenvalue weighted by Crippen LogP contribution is -2.36. The van der Waals surface area contributed by atoms with Gasteiger partial charge in [0.2, 0.25) is 0 Å². The van der Waals surface area contributed by atoms with Crippen molar-refractivity contribution in [3.05, 3.63) is 65.5 Å². The fraction of sp³-hybridized carbons (Fsp3) is 0.350. The summed E-state index contributed by atoms with van der Waals surface area (Å²) < 4.78 is 18.0. The number of halogens is 2. The van der Waals surface area contributed by atoms with Crippen LogP contribution >= 0.6 is 24.0 Å². The number of methoxy groups -OCH3 is 1. The molecule has 0 radical (unpaired) electrons. The van der Waals surface area contributed by atoms with E-state index in [2.05, 4.69) is 33.1 Å². The molecule has 2 aromatic carbocycles. The molecule has 0 aliphatic heterocycles. The van der Waals surface area contributed by atoms with Crippen LogP contribution in [0.5, 0.6) is 0 Å². The standard InChI is InChI=1S/C20H27FN4O.HI/c1-3-22-20(24-14-16-4-8-18(21)9-5-16)25-15-17-6-10-19(11-7-17)23-12-13-26-2;/h4-11,23H,3,12-15H2,1-2H3,(H2,22,24,25);1H. The maximum atomic E-state index is 13.0. The van der Waals surface area contributed by atoms with Crippen LogP contribution in [-0.2, 0) is 17.8 Å². The molecule has 0 saturated heterocycles. The van der Waals surface area contributed by atoms with Gasteiger partial charge in [0, 0.05) is 32.4 Å². The molecule has 148 valence electrons. The van der Waals surface area contributed by atoms with Crippen LogP contribution < -0.4 is 16.0 Å². The molecule has 0 aliphatic rings. The molecule has 2 rings (SSSR count). The molecule has 5 nitrogen and oxygen atoms in total. The molecule has 0 heterocycles. The van der Waals surface area contributed by atoms with Crippen molar-refractivity contribution in [2.24, 2.45) is 4.99 Å². The van der Waals surface area contributed by atoms with E-state index in [0.717, 1.165) is 35.9 Å². The van der Waals surface area contributed by atoms with Gasteiger partial charge in [-0.15, -0.1) is 24.0 Å². The number of guanidine groups is 1. The minimum absolute atomic E-state index is 0. The van der Waals surface area contributed by atoms with E-state index in [9.17, 15) is 4.39 Å². The van der Waals surface area contributed by atoms with Crippen LogP contribution in [0.15, 0.2) is 53.5 Å². The van der Waals surface area contributed by atoms with Gasteiger partial charge in [-0.25, -0.2) is 9.38 Å². The summed E-state index contributed by atoms with van der Waals surface area (Å²) in [6, 6.07) is 14.7. The Morgan fingerprint density at radius 1 is 1.00 bits per heavy atom. The Labute approximate surface area is 177 Å². The molecule has 0 fully saturated rings. The van der Waals surface area contributed by atoms with E-state index >= 15 is 0 Å². The first-order valence-electron chi connectivity index (χ1n) is 8.79. The lowest BCUT2D eigenvalue weighted by Gasteiger charge is -2.11. The largest absolute Gasteiger partial charge is 0.383 e. The van der Waals surface area contributed by atoms with E-state index in [-0.39, 0.29) is 29.8 Å². The summed E-state index contributed by atoms with van der Waals surface area (Å²) in [4.78, 5) is 4.60. The van der Waals surface area contributed by atoms with E-state index in [4.69, 9.17) is 4.74 Å². The zero-order valence-electron chi connectivity index (χ0n) is 15.8. The second-order valence-electron chi connectivity index (χ2n) is 5.79. The minimum Gasteiger partial charge on any atom is -0.383 e. The lowest BCUT2D eigenvalue weighted by atomic mass is 10.2. The SMILES string of the molecule is CCNC(=NCc1ccc(NCCOC)cc1)NCc1ccc(F)cc1.I. The van der Waals surface area contributed by atoms with Crippen LogP contribution in [0.3, 0.4) is 0 Å². The fourth-order valence-electron chi connectivity index (χ4n) is 2.33. The molecule has 0 saturated carbocycles. The second kappa shape index (κ2) is 13.3. The first-order chi connectivity index (χ1) is 12.7. The van der Waals surface area contributed by atoms with Gasteiger partial charge in [0.15, 0.2) is 5.96 Å². The highest BCUT2D eigenvalue weighted by Gasteiger charge is 2.00. The predicted octanol–water partition coefficient (Wildman–Crippen LogP) is 3.76. The number of hydrogen-bond donors (Lipinski definition) is 3. The smallest absolute Gasteiger partial charge is 0.191 e. The molecular weight excluding hydrogens is 458 g/mol. The molecule has 3 N–H and O–H groups in total. The van der Waals surface area contributed by atoms with E-state index in [1.165, 1.54) is 12.1 Å².